The summed E-state index contributed by atoms with van der Waals surface area (Å²) in [5, 5.41) is 14.4. The molecule has 1 aromatic heterocycles. The normalized spacial score (nSPS) is 10.7. The molecule has 27 heavy (non-hydrogen) atoms. The summed E-state index contributed by atoms with van der Waals surface area (Å²) in [7, 11) is 1.66. The summed E-state index contributed by atoms with van der Waals surface area (Å²) >= 11 is 0. The Labute approximate surface area is 155 Å². The molecule has 0 radical (unpaired) electrons. The van der Waals surface area contributed by atoms with Crippen LogP contribution < -0.4 is 10.1 Å². The van der Waals surface area contributed by atoms with Gasteiger partial charge in [-0.25, -0.2) is 0 Å². The zero-order chi connectivity index (χ0) is 19.2. The van der Waals surface area contributed by atoms with Crippen LogP contribution in [0.5, 0.6) is 5.75 Å². The number of anilines is 1. The third kappa shape index (κ3) is 4.62. The third-order valence-electron chi connectivity index (χ3n) is 4.01. The molecule has 140 valence electrons. The van der Waals surface area contributed by atoms with E-state index in [-0.39, 0.29) is 18.2 Å². The van der Waals surface area contributed by atoms with E-state index in [2.05, 4.69) is 9.88 Å². The van der Waals surface area contributed by atoms with E-state index >= 15 is 0 Å². The van der Waals surface area contributed by atoms with E-state index in [1.54, 1.807) is 7.11 Å². The highest BCUT2D eigenvalue weighted by Gasteiger charge is 2.08. The molecule has 0 spiro atoms. The Morgan fingerprint density at radius 3 is 2.67 bits per heavy atom. The minimum Gasteiger partial charge on any atom is -0.484 e. The number of fused-ring (bicyclic) bond motifs is 1. The lowest BCUT2D eigenvalue weighted by atomic mass is 10.2. The fourth-order valence-electron chi connectivity index (χ4n) is 2.67. The summed E-state index contributed by atoms with van der Waals surface area (Å²) in [6.07, 6.45) is 1.98. The molecule has 0 atom stereocenters. The molecule has 0 unspecified atom stereocenters. The number of nitrogens with one attached hydrogen (secondary N) is 1. The summed E-state index contributed by atoms with van der Waals surface area (Å²) in [4.78, 5) is 22.2. The fourth-order valence-corrected chi connectivity index (χ4v) is 2.67. The number of hydrogen-bond donors (Lipinski definition) is 1. The van der Waals surface area contributed by atoms with Crippen molar-refractivity contribution in [2.75, 3.05) is 25.6 Å². The molecule has 0 aliphatic carbocycles. The predicted molar refractivity (Wildman–Crippen MR) is 101 cm³/mol. The Hall–Kier alpha value is -3.39. The minimum absolute atomic E-state index is 0.0301. The van der Waals surface area contributed by atoms with Crippen molar-refractivity contribution in [2.24, 2.45) is 0 Å². The van der Waals surface area contributed by atoms with Crippen LogP contribution in [-0.4, -0.2) is 35.7 Å². The molecular formula is C19H19N3O5. The summed E-state index contributed by atoms with van der Waals surface area (Å²) < 4.78 is 12.5. The quantitative estimate of drug-likeness (QED) is 0.486. The van der Waals surface area contributed by atoms with Crippen LogP contribution in [0, 0.1) is 10.1 Å². The first-order valence-electron chi connectivity index (χ1n) is 8.32. The molecule has 0 saturated heterocycles. The molecule has 3 aromatic rings. The van der Waals surface area contributed by atoms with Gasteiger partial charge < -0.3 is 19.4 Å². The van der Waals surface area contributed by atoms with E-state index in [1.807, 2.05) is 30.5 Å². The number of nitrogens with zero attached hydrogens (tertiary/aromatic N) is 2. The van der Waals surface area contributed by atoms with Gasteiger partial charge in [0.05, 0.1) is 11.5 Å². The van der Waals surface area contributed by atoms with Crippen LogP contribution in [0.15, 0.2) is 54.7 Å². The summed E-state index contributed by atoms with van der Waals surface area (Å²) in [5.41, 5.74) is 1.70. The molecule has 0 fully saturated rings. The smallest absolute Gasteiger partial charge is 0.269 e. The SMILES string of the molecule is COCCn1ccc2cc(NC(=O)COc3ccc([N+](=O)[O-])cc3)ccc21. The molecule has 1 N–H and O–H groups in total. The second kappa shape index (κ2) is 8.33. The molecule has 0 bridgehead atoms. The van der Waals surface area contributed by atoms with Crippen molar-refractivity contribution in [3.63, 3.8) is 0 Å². The summed E-state index contributed by atoms with van der Waals surface area (Å²) in [5.74, 6) is 0.0768. The molecule has 8 nitrogen and oxygen atoms in total. The van der Waals surface area contributed by atoms with Crippen molar-refractivity contribution >= 4 is 28.2 Å². The third-order valence-corrected chi connectivity index (χ3v) is 4.01. The van der Waals surface area contributed by atoms with Crippen LogP contribution in [-0.2, 0) is 16.1 Å². The first kappa shape index (κ1) is 18.4. The number of rotatable bonds is 8. The predicted octanol–water partition coefficient (Wildman–Crippen LogP) is 3.21. The maximum Gasteiger partial charge on any atom is 0.269 e. The van der Waals surface area contributed by atoms with E-state index in [9.17, 15) is 14.9 Å². The minimum atomic E-state index is -0.491. The van der Waals surface area contributed by atoms with Crippen molar-refractivity contribution in [3.8, 4) is 5.75 Å². The number of methoxy groups -OCH3 is 1. The first-order chi connectivity index (χ1) is 13.1. The summed E-state index contributed by atoms with van der Waals surface area (Å²) in [6, 6.07) is 13.2. The molecule has 1 amide bonds. The maximum atomic E-state index is 12.1. The monoisotopic (exact) mass is 369 g/mol. The fraction of sp³-hybridized carbons (Fsp3) is 0.211. The first-order valence-corrected chi connectivity index (χ1v) is 8.32. The number of benzene rings is 2. The number of carbonyl (C=O) groups excluding carboxylic acids is 1. The Morgan fingerprint density at radius 1 is 1.19 bits per heavy atom. The Morgan fingerprint density at radius 2 is 1.96 bits per heavy atom. The van der Waals surface area contributed by atoms with Crippen molar-refractivity contribution < 1.29 is 19.2 Å². The largest absolute Gasteiger partial charge is 0.484 e. The average molecular weight is 369 g/mol. The summed E-state index contributed by atoms with van der Waals surface area (Å²) in [6.45, 7) is 1.20. The molecule has 3 rings (SSSR count). The van der Waals surface area contributed by atoms with Crippen LogP contribution in [0.25, 0.3) is 10.9 Å². The lowest BCUT2D eigenvalue weighted by Gasteiger charge is -2.08. The van der Waals surface area contributed by atoms with Crippen LogP contribution in [0.4, 0.5) is 11.4 Å². The Bertz CT molecular complexity index is 950. The van der Waals surface area contributed by atoms with E-state index < -0.39 is 4.92 Å². The molecular weight excluding hydrogens is 350 g/mol. The second-order valence-electron chi connectivity index (χ2n) is 5.86. The van der Waals surface area contributed by atoms with E-state index in [1.165, 1.54) is 24.3 Å². The van der Waals surface area contributed by atoms with Gasteiger partial charge in [0, 0.05) is 48.6 Å². The standard InChI is InChI=1S/C19H19N3O5/c1-26-11-10-21-9-8-14-12-15(2-7-18(14)21)20-19(23)13-27-17-5-3-16(4-6-17)22(24)25/h2-9,12H,10-11,13H2,1H3,(H,20,23). The van der Waals surface area contributed by atoms with Gasteiger partial charge in [0.1, 0.15) is 5.75 Å². The average Bonchev–Trinajstić information content (AvgIpc) is 3.07. The van der Waals surface area contributed by atoms with Gasteiger partial charge in [0.15, 0.2) is 6.61 Å². The molecule has 8 heteroatoms. The topological polar surface area (TPSA) is 95.6 Å². The highest BCUT2D eigenvalue weighted by atomic mass is 16.6. The van der Waals surface area contributed by atoms with Crippen LogP contribution in [0.1, 0.15) is 0 Å². The highest BCUT2D eigenvalue weighted by Crippen LogP contribution is 2.21. The molecule has 0 aliphatic heterocycles. The number of hydrogen-bond acceptors (Lipinski definition) is 5. The lowest BCUT2D eigenvalue weighted by Crippen LogP contribution is -2.20. The Kier molecular flexibility index (Phi) is 5.68. The Balaban J connectivity index is 1.58. The number of nitro groups is 1. The number of non-ortho nitro benzene ring substituents is 1. The lowest BCUT2D eigenvalue weighted by molar-refractivity contribution is -0.384. The number of amides is 1. The number of aromatic nitrogens is 1. The van der Waals surface area contributed by atoms with E-state index in [4.69, 9.17) is 9.47 Å². The zero-order valence-corrected chi connectivity index (χ0v) is 14.8. The number of nitro benzene ring substituents is 1. The highest BCUT2D eigenvalue weighted by molar-refractivity contribution is 5.94. The van der Waals surface area contributed by atoms with Gasteiger partial charge >= 0.3 is 0 Å². The van der Waals surface area contributed by atoms with Crippen LogP contribution in [0.2, 0.25) is 0 Å². The van der Waals surface area contributed by atoms with E-state index in [0.717, 1.165) is 17.4 Å². The van der Waals surface area contributed by atoms with Crippen LogP contribution in [0.3, 0.4) is 0 Å². The van der Waals surface area contributed by atoms with Gasteiger partial charge in [0.25, 0.3) is 11.6 Å². The number of ether oxygens (including phenoxy) is 2. The van der Waals surface area contributed by atoms with Gasteiger partial charge in [0.2, 0.25) is 0 Å². The van der Waals surface area contributed by atoms with Crippen molar-refractivity contribution in [3.05, 3.63) is 64.8 Å². The van der Waals surface area contributed by atoms with Crippen molar-refractivity contribution in [2.45, 2.75) is 6.54 Å². The van der Waals surface area contributed by atoms with Crippen molar-refractivity contribution in [1.82, 2.24) is 4.57 Å². The van der Waals surface area contributed by atoms with Gasteiger partial charge in [-0.1, -0.05) is 0 Å². The van der Waals surface area contributed by atoms with Gasteiger partial charge in [-0.15, -0.1) is 0 Å². The number of carbonyl (C=O) groups is 1. The molecule has 0 saturated carbocycles. The van der Waals surface area contributed by atoms with Gasteiger partial charge in [-0.3, -0.25) is 14.9 Å². The zero-order valence-electron chi connectivity index (χ0n) is 14.8. The van der Waals surface area contributed by atoms with Gasteiger partial charge in [-0.2, -0.15) is 0 Å². The second-order valence-corrected chi connectivity index (χ2v) is 5.86. The molecule has 1 heterocycles. The van der Waals surface area contributed by atoms with Crippen LogP contribution >= 0.6 is 0 Å². The molecule has 0 aliphatic rings. The molecule has 2 aromatic carbocycles. The van der Waals surface area contributed by atoms with Gasteiger partial charge in [-0.05, 0) is 36.4 Å². The van der Waals surface area contributed by atoms with Crippen molar-refractivity contribution in [1.29, 1.82) is 0 Å². The maximum absolute atomic E-state index is 12.1. The van der Waals surface area contributed by atoms with E-state index in [0.29, 0.717) is 18.0 Å².